The van der Waals surface area contributed by atoms with Gasteiger partial charge >= 0.3 is 0 Å². The summed E-state index contributed by atoms with van der Waals surface area (Å²) in [5, 5.41) is 29.3. The van der Waals surface area contributed by atoms with E-state index in [1.807, 2.05) is 0 Å². The van der Waals surface area contributed by atoms with Crippen LogP contribution in [0.15, 0.2) is 0 Å². The number of ether oxygens (including phenoxy) is 1. The minimum absolute atomic E-state index is 0.837. The van der Waals surface area contributed by atoms with E-state index in [2.05, 4.69) is 0 Å². The third-order valence-corrected chi connectivity index (χ3v) is 3.76. The van der Waals surface area contributed by atoms with Gasteiger partial charge in [0.15, 0.2) is 29.1 Å². The van der Waals surface area contributed by atoms with E-state index in [0.717, 1.165) is 20.8 Å². The summed E-state index contributed by atoms with van der Waals surface area (Å²) in [5.41, 5.74) is 3.13. The van der Waals surface area contributed by atoms with Crippen molar-refractivity contribution < 1.29 is 34.4 Å². The highest BCUT2D eigenvalue weighted by atomic mass is 16.6. The number of Topliss-reactive ketones (excluding diaryl/α,β-unsaturated/α-hetero) is 3. The number of ketones is 3. The zero-order chi connectivity index (χ0) is 15.8. The topological polar surface area (TPSA) is 147 Å². The van der Waals surface area contributed by atoms with Crippen molar-refractivity contribution in [3.05, 3.63) is 0 Å². The molecule has 1 saturated heterocycles. The van der Waals surface area contributed by atoms with Crippen LogP contribution in [0, 0.1) is 5.41 Å². The number of rotatable bonds is 4. The number of aliphatic hydroxyl groups is 3. The molecule has 0 aromatic carbocycles. The highest BCUT2D eigenvalue weighted by Gasteiger charge is 2.60. The molecule has 5 atom stereocenters. The molecule has 5 N–H and O–H groups in total. The predicted molar refractivity (Wildman–Crippen MR) is 65.3 cm³/mol. The molecule has 1 aliphatic rings. The first-order chi connectivity index (χ1) is 9.08. The minimum Gasteiger partial charge on any atom is -0.388 e. The van der Waals surface area contributed by atoms with Gasteiger partial charge in [-0.1, -0.05) is 0 Å². The Morgan fingerprint density at radius 1 is 0.950 bits per heavy atom. The summed E-state index contributed by atoms with van der Waals surface area (Å²) in [5.74, 6) is -2.51. The number of nitrogens with two attached hydrogens (primary N) is 1. The van der Waals surface area contributed by atoms with Crippen molar-refractivity contribution in [3.63, 3.8) is 0 Å². The lowest BCUT2D eigenvalue weighted by atomic mass is 9.68. The average molecular weight is 289 g/mol. The van der Waals surface area contributed by atoms with Gasteiger partial charge in [-0.05, 0) is 20.8 Å². The lowest BCUT2D eigenvalue weighted by molar-refractivity contribution is -0.260. The average Bonchev–Trinajstić information content (AvgIpc) is 2.32. The Hall–Kier alpha value is -1.19. The van der Waals surface area contributed by atoms with E-state index in [1.54, 1.807) is 0 Å². The maximum atomic E-state index is 11.9. The molecule has 8 heteroatoms. The number of hydrogen-bond acceptors (Lipinski definition) is 8. The molecule has 0 amide bonds. The number of carbonyl (C=O) groups excluding carboxylic acids is 3. The van der Waals surface area contributed by atoms with Gasteiger partial charge in [0.2, 0.25) is 0 Å². The number of hydrogen-bond donors (Lipinski definition) is 4. The van der Waals surface area contributed by atoms with E-state index in [9.17, 15) is 29.7 Å². The van der Waals surface area contributed by atoms with Gasteiger partial charge in [-0.3, -0.25) is 14.4 Å². The Labute approximate surface area is 115 Å². The van der Waals surface area contributed by atoms with Crippen LogP contribution in [0.3, 0.4) is 0 Å². The van der Waals surface area contributed by atoms with Crippen molar-refractivity contribution >= 4 is 17.3 Å². The lowest BCUT2D eigenvalue weighted by Crippen LogP contribution is -2.68. The van der Waals surface area contributed by atoms with Crippen molar-refractivity contribution in [3.8, 4) is 0 Å². The zero-order valence-corrected chi connectivity index (χ0v) is 11.4. The largest absolute Gasteiger partial charge is 0.388 e. The maximum absolute atomic E-state index is 11.9. The highest BCUT2D eigenvalue weighted by Crippen LogP contribution is 2.36. The van der Waals surface area contributed by atoms with Gasteiger partial charge in [-0.25, -0.2) is 0 Å². The van der Waals surface area contributed by atoms with Gasteiger partial charge in [-0.2, -0.15) is 0 Å². The minimum atomic E-state index is -2.28. The molecule has 1 unspecified atom stereocenters. The van der Waals surface area contributed by atoms with Crippen LogP contribution in [-0.2, 0) is 19.1 Å². The van der Waals surface area contributed by atoms with Crippen LogP contribution in [-0.4, -0.2) is 63.3 Å². The maximum Gasteiger partial charge on any atom is 0.173 e. The lowest BCUT2D eigenvalue weighted by Gasteiger charge is -2.45. The standard InChI is InChI=1S/C12H19NO7/c1-4(14)12(5(2)15,6(3)16)10-9(18)8(17)7(13)11(19)20-10/h7-11,17-19H,13H2,1-3H3/t7-,8-,9-,10+,11?/m1/s1. The predicted octanol–water partition coefficient (Wildman–Crippen LogP) is -2.49. The Kier molecular flexibility index (Phi) is 4.78. The Morgan fingerprint density at radius 3 is 1.70 bits per heavy atom. The van der Waals surface area contributed by atoms with Crippen LogP contribution in [0.4, 0.5) is 0 Å². The summed E-state index contributed by atoms with van der Waals surface area (Å²) < 4.78 is 4.99. The first kappa shape index (κ1) is 16.9. The van der Waals surface area contributed by atoms with Gasteiger partial charge in [-0.15, -0.1) is 0 Å². The van der Waals surface area contributed by atoms with Gasteiger partial charge in [0.05, 0.1) is 6.04 Å². The van der Waals surface area contributed by atoms with Crippen molar-refractivity contribution in [2.45, 2.75) is 51.4 Å². The molecule has 0 aromatic rings. The van der Waals surface area contributed by atoms with Gasteiger partial charge in [0.25, 0.3) is 0 Å². The molecule has 20 heavy (non-hydrogen) atoms. The molecule has 8 nitrogen and oxygen atoms in total. The van der Waals surface area contributed by atoms with E-state index < -0.39 is 53.4 Å². The van der Waals surface area contributed by atoms with E-state index in [4.69, 9.17) is 10.5 Å². The van der Waals surface area contributed by atoms with E-state index >= 15 is 0 Å². The molecule has 0 aromatic heterocycles. The molecule has 0 saturated carbocycles. The van der Waals surface area contributed by atoms with Crippen LogP contribution in [0.2, 0.25) is 0 Å². The van der Waals surface area contributed by atoms with Crippen LogP contribution >= 0.6 is 0 Å². The van der Waals surface area contributed by atoms with Crippen molar-refractivity contribution in [2.24, 2.45) is 11.1 Å². The molecule has 0 aliphatic carbocycles. The second kappa shape index (κ2) is 5.66. The molecule has 0 spiro atoms. The third-order valence-electron chi connectivity index (χ3n) is 3.76. The van der Waals surface area contributed by atoms with Crippen molar-refractivity contribution in [1.29, 1.82) is 0 Å². The SMILES string of the molecule is CC(=O)C(C(C)=O)(C(C)=O)[C@H]1OC(O)[C@H](N)[C@@H](O)[C@H]1O. The highest BCUT2D eigenvalue weighted by molar-refractivity contribution is 6.23. The summed E-state index contributed by atoms with van der Waals surface area (Å²) in [6.07, 6.45) is -6.80. The van der Waals surface area contributed by atoms with E-state index in [-0.39, 0.29) is 0 Å². The number of carbonyl (C=O) groups is 3. The summed E-state index contributed by atoms with van der Waals surface area (Å²) in [6, 6.07) is -1.31. The second-order valence-electron chi connectivity index (χ2n) is 4.98. The van der Waals surface area contributed by atoms with E-state index in [0.29, 0.717) is 0 Å². The molecule has 0 radical (unpaired) electrons. The van der Waals surface area contributed by atoms with Gasteiger partial charge in [0.1, 0.15) is 18.3 Å². The summed E-state index contributed by atoms with van der Waals surface area (Å²) in [6.45, 7) is 3.02. The summed E-state index contributed by atoms with van der Waals surface area (Å²) >= 11 is 0. The fraction of sp³-hybridized carbons (Fsp3) is 0.750. The molecule has 1 heterocycles. The van der Waals surface area contributed by atoms with Crippen LogP contribution in [0.5, 0.6) is 0 Å². The fourth-order valence-electron chi connectivity index (χ4n) is 2.60. The quantitative estimate of drug-likeness (QED) is 0.415. The Morgan fingerprint density at radius 2 is 1.35 bits per heavy atom. The molecular weight excluding hydrogens is 270 g/mol. The zero-order valence-electron chi connectivity index (χ0n) is 11.4. The molecule has 114 valence electrons. The molecule has 1 rings (SSSR count). The van der Waals surface area contributed by atoms with Gasteiger partial charge in [0, 0.05) is 0 Å². The van der Waals surface area contributed by atoms with Crippen LogP contribution in [0.25, 0.3) is 0 Å². The Bertz CT molecular complexity index is 399. The first-order valence-corrected chi connectivity index (χ1v) is 6.06. The molecule has 0 bridgehead atoms. The molecular formula is C12H19NO7. The fourth-order valence-corrected chi connectivity index (χ4v) is 2.60. The normalized spacial score (nSPS) is 34.6. The summed E-state index contributed by atoms with van der Waals surface area (Å²) in [7, 11) is 0. The smallest absolute Gasteiger partial charge is 0.173 e. The second-order valence-corrected chi connectivity index (χ2v) is 4.98. The van der Waals surface area contributed by atoms with Crippen molar-refractivity contribution in [2.75, 3.05) is 0 Å². The first-order valence-electron chi connectivity index (χ1n) is 6.06. The summed E-state index contributed by atoms with van der Waals surface area (Å²) in [4.78, 5) is 35.6. The van der Waals surface area contributed by atoms with Crippen LogP contribution < -0.4 is 5.73 Å². The Balaban J connectivity index is 3.38. The number of aliphatic hydroxyl groups excluding tert-OH is 3. The van der Waals surface area contributed by atoms with Crippen molar-refractivity contribution in [1.82, 2.24) is 0 Å². The third kappa shape index (κ3) is 2.29. The molecule has 1 fully saturated rings. The van der Waals surface area contributed by atoms with Gasteiger partial charge < -0.3 is 25.8 Å². The molecule has 1 aliphatic heterocycles. The van der Waals surface area contributed by atoms with E-state index in [1.165, 1.54) is 0 Å². The van der Waals surface area contributed by atoms with Crippen LogP contribution in [0.1, 0.15) is 20.8 Å². The monoisotopic (exact) mass is 289 g/mol.